The molecule has 1 aliphatic heterocycles. The first kappa shape index (κ1) is 19.5. The molecule has 1 unspecified atom stereocenters. The summed E-state index contributed by atoms with van der Waals surface area (Å²) < 4.78 is 0. The molecule has 2 heterocycles. The average Bonchev–Trinajstić information content (AvgIpc) is 2.65. The van der Waals surface area contributed by atoms with Crippen molar-refractivity contribution in [2.45, 2.75) is 40.3 Å². The molecule has 0 aliphatic carbocycles. The average molecular weight is 347 g/mol. The number of nitrogens with one attached hydrogen (secondary N) is 2. The van der Waals surface area contributed by atoms with E-state index in [1.807, 2.05) is 6.20 Å². The lowest BCUT2D eigenvalue weighted by Crippen LogP contribution is -2.46. The lowest BCUT2D eigenvalue weighted by atomic mass is 10.1. The largest absolute Gasteiger partial charge is 0.354 e. The van der Waals surface area contributed by atoms with Gasteiger partial charge < -0.3 is 20.4 Å². The van der Waals surface area contributed by atoms with Gasteiger partial charge in [-0.15, -0.1) is 0 Å². The SMILES string of the molecule is CCN1CCN(c2ccc(CNC(=NC)NC(C)C(C)C)cn2)CC1. The molecule has 0 spiro atoms. The summed E-state index contributed by atoms with van der Waals surface area (Å²) in [5, 5.41) is 6.78. The zero-order valence-electron chi connectivity index (χ0n) is 16.4. The van der Waals surface area contributed by atoms with E-state index >= 15 is 0 Å². The third-order valence-electron chi connectivity index (χ3n) is 5.00. The molecule has 1 atom stereocenters. The number of anilines is 1. The third kappa shape index (κ3) is 5.88. The molecule has 0 amide bonds. The monoisotopic (exact) mass is 346 g/mol. The van der Waals surface area contributed by atoms with Crippen molar-refractivity contribution in [1.82, 2.24) is 20.5 Å². The van der Waals surface area contributed by atoms with E-state index in [9.17, 15) is 0 Å². The van der Waals surface area contributed by atoms with E-state index in [0.29, 0.717) is 12.0 Å². The zero-order valence-corrected chi connectivity index (χ0v) is 16.4. The predicted molar refractivity (Wildman–Crippen MR) is 106 cm³/mol. The molecule has 0 saturated carbocycles. The maximum Gasteiger partial charge on any atom is 0.191 e. The number of piperazine rings is 1. The maximum absolute atomic E-state index is 4.65. The van der Waals surface area contributed by atoms with Crippen LogP contribution in [0.3, 0.4) is 0 Å². The minimum absolute atomic E-state index is 0.383. The van der Waals surface area contributed by atoms with Gasteiger partial charge in [-0.1, -0.05) is 26.8 Å². The van der Waals surface area contributed by atoms with Crippen LogP contribution in [0.15, 0.2) is 23.3 Å². The third-order valence-corrected chi connectivity index (χ3v) is 5.00. The fourth-order valence-corrected chi connectivity index (χ4v) is 2.76. The van der Waals surface area contributed by atoms with Crippen molar-refractivity contribution in [2.24, 2.45) is 10.9 Å². The first-order valence-corrected chi connectivity index (χ1v) is 9.43. The highest BCUT2D eigenvalue weighted by Gasteiger charge is 2.16. The second-order valence-electron chi connectivity index (χ2n) is 7.05. The van der Waals surface area contributed by atoms with Crippen LogP contribution >= 0.6 is 0 Å². The van der Waals surface area contributed by atoms with Crippen LogP contribution < -0.4 is 15.5 Å². The Balaban J connectivity index is 1.84. The van der Waals surface area contributed by atoms with E-state index in [-0.39, 0.29) is 0 Å². The Morgan fingerprint density at radius 2 is 1.92 bits per heavy atom. The highest BCUT2D eigenvalue weighted by molar-refractivity contribution is 5.79. The molecule has 1 fully saturated rings. The van der Waals surface area contributed by atoms with Gasteiger partial charge in [0.1, 0.15) is 5.82 Å². The number of hydrogen-bond acceptors (Lipinski definition) is 4. The molecular formula is C19H34N6. The number of pyridine rings is 1. The van der Waals surface area contributed by atoms with Crippen LogP contribution in [0, 0.1) is 5.92 Å². The molecule has 140 valence electrons. The number of hydrogen-bond donors (Lipinski definition) is 2. The summed E-state index contributed by atoms with van der Waals surface area (Å²) in [4.78, 5) is 13.8. The van der Waals surface area contributed by atoms with Crippen molar-refractivity contribution in [3.05, 3.63) is 23.9 Å². The minimum atomic E-state index is 0.383. The zero-order chi connectivity index (χ0) is 18.2. The van der Waals surface area contributed by atoms with Gasteiger partial charge in [0.05, 0.1) is 0 Å². The van der Waals surface area contributed by atoms with Gasteiger partial charge in [0.15, 0.2) is 5.96 Å². The Bertz CT molecular complexity index is 531. The molecule has 0 aromatic carbocycles. The number of guanidine groups is 1. The van der Waals surface area contributed by atoms with Crippen LogP contribution in [-0.4, -0.2) is 61.7 Å². The van der Waals surface area contributed by atoms with Gasteiger partial charge in [-0.25, -0.2) is 4.98 Å². The highest BCUT2D eigenvalue weighted by Crippen LogP contribution is 2.14. The Morgan fingerprint density at radius 1 is 1.20 bits per heavy atom. The van der Waals surface area contributed by atoms with Crippen LogP contribution in [0.5, 0.6) is 0 Å². The number of nitrogens with zero attached hydrogens (tertiary/aromatic N) is 4. The van der Waals surface area contributed by atoms with Gasteiger partial charge in [0.25, 0.3) is 0 Å². The fraction of sp³-hybridized carbons (Fsp3) is 0.684. The molecule has 1 aliphatic rings. The molecule has 6 nitrogen and oxygen atoms in total. The molecule has 25 heavy (non-hydrogen) atoms. The molecule has 1 aromatic heterocycles. The van der Waals surface area contributed by atoms with E-state index in [1.165, 1.54) is 0 Å². The van der Waals surface area contributed by atoms with E-state index < -0.39 is 0 Å². The summed E-state index contributed by atoms with van der Waals surface area (Å²) in [5.74, 6) is 2.48. The molecule has 1 aromatic rings. The Morgan fingerprint density at radius 3 is 2.44 bits per heavy atom. The summed E-state index contributed by atoms with van der Waals surface area (Å²) in [7, 11) is 1.81. The standard InChI is InChI=1S/C19H34N6/c1-6-24-9-11-25(12-10-24)18-8-7-17(13-21-18)14-22-19(20-5)23-16(4)15(2)3/h7-8,13,15-16H,6,9-12,14H2,1-5H3,(H2,20,22,23). The van der Waals surface area contributed by atoms with E-state index in [1.54, 1.807) is 7.05 Å². The van der Waals surface area contributed by atoms with Crippen molar-refractivity contribution in [2.75, 3.05) is 44.7 Å². The van der Waals surface area contributed by atoms with Crippen molar-refractivity contribution in [3.63, 3.8) is 0 Å². The molecular weight excluding hydrogens is 312 g/mol. The molecule has 0 bridgehead atoms. The molecule has 1 saturated heterocycles. The van der Waals surface area contributed by atoms with Gasteiger partial charge in [0.2, 0.25) is 0 Å². The van der Waals surface area contributed by atoms with Gasteiger partial charge >= 0.3 is 0 Å². The second-order valence-corrected chi connectivity index (χ2v) is 7.05. The van der Waals surface area contributed by atoms with Gasteiger partial charge in [-0.3, -0.25) is 4.99 Å². The van der Waals surface area contributed by atoms with Crippen molar-refractivity contribution < 1.29 is 0 Å². The Kier molecular flexibility index (Phi) is 7.50. The fourth-order valence-electron chi connectivity index (χ4n) is 2.76. The second kappa shape index (κ2) is 9.61. The normalized spacial score (nSPS) is 17.7. The Labute approximate surface area is 152 Å². The molecule has 0 radical (unpaired) electrons. The summed E-state index contributed by atoms with van der Waals surface area (Å²) in [6.07, 6.45) is 1.97. The maximum atomic E-state index is 4.65. The molecule has 6 heteroatoms. The number of rotatable bonds is 6. The van der Waals surface area contributed by atoms with E-state index in [2.05, 4.69) is 70.2 Å². The first-order chi connectivity index (χ1) is 12.0. The topological polar surface area (TPSA) is 55.8 Å². The van der Waals surface area contributed by atoms with Gasteiger partial charge in [-0.05, 0) is 31.0 Å². The van der Waals surface area contributed by atoms with Crippen molar-refractivity contribution >= 4 is 11.8 Å². The van der Waals surface area contributed by atoms with Crippen molar-refractivity contribution in [1.29, 1.82) is 0 Å². The molecule has 2 N–H and O–H groups in total. The van der Waals surface area contributed by atoms with Gasteiger partial charge in [0, 0.05) is 52.0 Å². The lowest BCUT2D eigenvalue weighted by molar-refractivity contribution is 0.270. The predicted octanol–water partition coefficient (Wildman–Crippen LogP) is 1.93. The number of aliphatic imine (C=N–C) groups is 1. The summed E-state index contributed by atoms with van der Waals surface area (Å²) in [6, 6.07) is 4.67. The lowest BCUT2D eigenvalue weighted by Gasteiger charge is -2.34. The van der Waals surface area contributed by atoms with Crippen LogP contribution in [0.25, 0.3) is 0 Å². The summed E-state index contributed by atoms with van der Waals surface area (Å²) in [5.41, 5.74) is 1.16. The van der Waals surface area contributed by atoms with Gasteiger partial charge in [-0.2, -0.15) is 0 Å². The van der Waals surface area contributed by atoms with E-state index in [0.717, 1.165) is 56.6 Å². The molecule has 2 rings (SSSR count). The summed E-state index contributed by atoms with van der Waals surface area (Å²) >= 11 is 0. The van der Waals surface area contributed by atoms with E-state index in [4.69, 9.17) is 0 Å². The Hall–Kier alpha value is -1.82. The minimum Gasteiger partial charge on any atom is -0.354 e. The van der Waals surface area contributed by atoms with Crippen molar-refractivity contribution in [3.8, 4) is 0 Å². The quantitative estimate of drug-likeness (QED) is 0.609. The van der Waals surface area contributed by atoms with Crippen LogP contribution in [0.2, 0.25) is 0 Å². The van der Waals surface area contributed by atoms with Crippen LogP contribution in [0.1, 0.15) is 33.3 Å². The first-order valence-electron chi connectivity index (χ1n) is 9.43. The highest BCUT2D eigenvalue weighted by atomic mass is 15.3. The smallest absolute Gasteiger partial charge is 0.191 e. The number of likely N-dealkylation sites (N-methyl/N-ethyl adjacent to an activating group) is 1. The van der Waals surface area contributed by atoms with Crippen LogP contribution in [-0.2, 0) is 6.54 Å². The number of aromatic nitrogens is 1. The van der Waals surface area contributed by atoms with Crippen LogP contribution in [0.4, 0.5) is 5.82 Å². The summed E-state index contributed by atoms with van der Waals surface area (Å²) in [6.45, 7) is 15.0.